The Morgan fingerprint density at radius 2 is 2.25 bits per heavy atom. The summed E-state index contributed by atoms with van der Waals surface area (Å²) in [6.45, 7) is 2.91. The highest BCUT2D eigenvalue weighted by atomic mass is 16.1. The highest BCUT2D eigenvalue weighted by Gasteiger charge is 2.17. The van der Waals surface area contributed by atoms with Gasteiger partial charge in [-0.3, -0.25) is 4.79 Å². The predicted octanol–water partition coefficient (Wildman–Crippen LogP) is 2.81. The second-order valence-corrected chi connectivity index (χ2v) is 4.26. The summed E-state index contributed by atoms with van der Waals surface area (Å²) in [5, 5.41) is 3.19. The second-order valence-electron chi connectivity index (χ2n) is 4.26. The summed E-state index contributed by atoms with van der Waals surface area (Å²) in [6, 6.07) is 3.90. The van der Waals surface area contributed by atoms with Crippen molar-refractivity contribution in [2.75, 3.05) is 11.9 Å². The minimum Gasteiger partial charge on any atom is -0.369 e. The quantitative estimate of drug-likeness (QED) is 0.790. The number of anilines is 1. The monoisotopic (exact) mass is 218 g/mol. The number of aryl methyl sites for hydroxylation is 1. The average Bonchev–Trinajstić information content (AvgIpc) is 2.30. The van der Waals surface area contributed by atoms with Crippen molar-refractivity contribution in [3.63, 3.8) is 0 Å². The third-order valence-corrected chi connectivity index (χ3v) is 2.93. The Balaban J connectivity index is 2.09. The van der Waals surface area contributed by atoms with Crippen LogP contribution in [-0.4, -0.2) is 17.3 Å². The van der Waals surface area contributed by atoms with E-state index in [2.05, 4.69) is 17.2 Å². The summed E-state index contributed by atoms with van der Waals surface area (Å²) in [7, 11) is 0. The number of unbranched alkanes of at least 4 members (excludes halogenated alkanes) is 2. The van der Waals surface area contributed by atoms with Gasteiger partial charge < -0.3 is 5.32 Å². The topological polar surface area (TPSA) is 42.0 Å². The first kappa shape index (κ1) is 11.1. The van der Waals surface area contributed by atoms with Gasteiger partial charge in [-0.25, -0.2) is 4.98 Å². The summed E-state index contributed by atoms with van der Waals surface area (Å²) < 4.78 is 0. The van der Waals surface area contributed by atoms with Crippen molar-refractivity contribution < 1.29 is 4.79 Å². The number of ketones is 1. The van der Waals surface area contributed by atoms with Crippen molar-refractivity contribution in [1.29, 1.82) is 0 Å². The first-order valence-electron chi connectivity index (χ1n) is 6.08. The Hall–Kier alpha value is -1.38. The van der Waals surface area contributed by atoms with E-state index in [1.54, 1.807) is 0 Å². The average molecular weight is 218 g/mol. The molecule has 1 aromatic heterocycles. The molecule has 0 bridgehead atoms. The molecule has 0 saturated carbocycles. The van der Waals surface area contributed by atoms with Gasteiger partial charge in [0.05, 0.1) is 5.56 Å². The molecule has 0 amide bonds. The number of carbonyl (C=O) groups excluding carboxylic acids is 1. The zero-order chi connectivity index (χ0) is 11.4. The van der Waals surface area contributed by atoms with Crippen LogP contribution in [0.15, 0.2) is 12.1 Å². The number of pyridine rings is 1. The second kappa shape index (κ2) is 5.10. The number of Topliss-reactive ketones (excluding diaryl/α,β-unsaturated/α-hetero) is 1. The smallest absolute Gasteiger partial charge is 0.168 e. The van der Waals surface area contributed by atoms with Gasteiger partial charge in [0.2, 0.25) is 0 Å². The van der Waals surface area contributed by atoms with Crippen molar-refractivity contribution >= 4 is 11.6 Å². The molecule has 0 saturated heterocycles. The van der Waals surface area contributed by atoms with E-state index >= 15 is 0 Å². The lowest BCUT2D eigenvalue weighted by molar-refractivity contribution is 0.0983. The first-order valence-corrected chi connectivity index (χ1v) is 6.08. The van der Waals surface area contributed by atoms with Crippen LogP contribution in [0.4, 0.5) is 5.82 Å². The van der Waals surface area contributed by atoms with Crippen molar-refractivity contribution in [3.8, 4) is 0 Å². The van der Waals surface area contributed by atoms with Crippen LogP contribution in [0, 0.1) is 0 Å². The number of nitrogens with one attached hydrogen (secondary N) is 1. The maximum absolute atomic E-state index is 11.6. The van der Waals surface area contributed by atoms with Gasteiger partial charge in [-0.05, 0) is 25.0 Å². The lowest BCUT2D eigenvalue weighted by Crippen LogP contribution is -2.19. The summed E-state index contributed by atoms with van der Waals surface area (Å²) in [4.78, 5) is 16.1. The molecule has 2 heterocycles. The van der Waals surface area contributed by atoms with E-state index in [9.17, 15) is 4.79 Å². The molecule has 0 aliphatic carbocycles. The number of aromatic nitrogens is 1. The molecule has 3 nitrogen and oxygen atoms in total. The van der Waals surface area contributed by atoms with Crippen molar-refractivity contribution in [2.24, 2.45) is 0 Å². The van der Waals surface area contributed by atoms with Gasteiger partial charge in [0, 0.05) is 18.7 Å². The highest BCUT2D eigenvalue weighted by molar-refractivity contribution is 6.02. The molecule has 0 unspecified atom stereocenters. The molecule has 0 radical (unpaired) electrons. The first-order chi connectivity index (χ1) is 7.81. The summed E-state index contributed by atoms with van der Waals surface area (Å²) in [6.07, 6.45) is 5.24. The van der Waals surface area contributed by atoms with Crippen LogP contribution in [0.3, 0.4) is 0 Å². The number of fused-ring (bicyclic) bond motifs is 1. The minimum absolute atomic E-state index is 0.210. The molecule has 86 valence electrons. The lowest BCUT2D eigenvalue weighted by atomic mass is 10.0. The van der Waals surface area contributed by atoms with Crippen LogP contribution in [0.25, 0.3) is 0 Å². The summed E-state index contributed by atoms with van der Waals surface area (Å²) >= 11 is 0. The largest absolute Gasteiger partial charge is 0.369 e. The fraction of sp³-hybridized carbons (Fsp3) is 0.538. The standard InChI is InChI=1S/C13H18N2O/c1-2-3-4-5-10-6-7-11-12(16)8-9-14-13(11)15-10/h6-7H,2-5,8-9H2,1H3,(H,14,15). The number of carbonyl (C=O) groups is 1. The van der Waals surface area contributed by atoms with Gasteiger partial charge >= 0.3 is 0 Å². The zero-order valence-corrected chi connectivity index (χ0v) is 9.75. The predicted molar refractivity (Wildman–Crippen MR) is 64.9 cm³/mol. The van der Waals surface area contributed by atoms with Crippen molar-refractivity contribution in [1.82, 2.24) is 4.98 Å². The fourth-order valence-electron chi connectivity index (χ4n) is 1.98. The molecular weight excluding hydrogens is 200 g/mol. The van der Waals surface area contributed by atoms with Gasteiger partial charge in [0.15, 0.2) is 5.78 Å². The Bertz CT molecular complexity index is 388. The Morgan fingerprint density at radius 3 is 3.06 bits per heavy atom. The Labute approximate surface area is 96.3 Å². The summed E-state index contributed by atoms with van der Waals surface area (Å²) in [5.74, 6) is 0.992. The SMILES string of the molecule is CCCCCc1ccc2c(n1)NCCC2=O. The number of rotatable bonds is 4. The molecule has 1 aliphatic rings. The van der Waals surface area contributed by atoms with E-state index in [4.69, 9.17) is 0 Å². The molecule has 0 fully saturated rings. The normalized spacial score (nSPS) is 14.4. The van der Waals surface area contributed by atoms with Crippen LogP contribution in [-0.2, 0) is 6.42 Å². The van der Waals surface area contributed by atoms with Crippen LogP contribution < -0.4 is 5.32 Å². The maximum atomic E-state index is 11.6. The minimum atomic E-state index is 0.210. The third kappa shape index (κ3) is 2.40. The number of hydrogen-bond donors (Lipinski definition) is 1. The van der Waals surface area contributed by atoms with E-state index in [1.807, 2.05) is 12.1 Å². The molecule has 2 rings (SSSR count). The van der Waals surface area contributed by atoms with E-state index in [-0.39, 0.29) is 5.78 Å². The number of nitrogens with zero attached hydrogens (tertiary/aromatic N) is 1. The maximum Gasteiger partial charge on any atom is 0.168 e. The highest BCUT2D eigenvalue weighted by Crippen LogP contribution is 2.20. The zero-order valence-electron chi connectivity index (χ0n) is 9.75. The molecule has 1 aromatic rings. The summed E-state index contributed by atoms with van der Waals surface area (Å²) in [5.41, 5.74) is 1.85. The van der Waals surface area contributed by atoms with Gasteiger partial charge in [-0.15, -0.1) is 0 Å². The molecule has 0 spiro atoms. The van der Waals surface area contributed by atoms with Crippen LogP contribution >= 0.6 is 0 Å². The Morgan fingerprint density at radius 1 is 1.38 bits per heavy atom. The van der Waals surface area contributed by atoms with E-state index in [1.165, 1.54) is 19.3 Å². The lowest BCUT2D eigenvalue weighted by Gasteiger charge is -2.16. The van der Waals surface area contributed by atoms with Crippen LogP contribution in [0.1, 0.15) is 48.7 Å². The van der Waals surface area contributed by atoms with E-state index in [0.29, 0.717) is 6.42 Å². The van der Waals surface area contributed by atoms with E-state index < -0.39 is 0 Å². The fourth-order valence-corrected chi connectivity index (χ4v) is 1.98. The third-order valence-electron chi connectivity index (χ3n) is 2.93. The van der Waals surface area contributed by atoms with Gasteiger partial charge in [-0.2, -0.15) is 0 Å². The Kier molecular flexibility index (Phi) is 3.54. The molecule has 3 heteroatoms. The molecule has 0 aromatic carbocycles. The van der Waals surface area contributed by atoms with Gasteiger partial charge in [0.25, 0.3) is 0 Å². The van der Waals surface area contributed by atoms with E-state index in [0.717, 1.165) is 30.0 Å². The molecule has 1 aliphatic heterocycles. The van der Waals surface area contributed by atoms with Gasteiger partial charge in [-0.1, -0.05) is 19.8 Å². The number of hydrogen-bond acceptors (Lipinski definition) is 3. The van der Waals surface area contributed by atoms with Crippen molar-refractivity contribution in [3.05, 3.63) is 23.4 Å². The van der Waals surface area contributed by atoms with Crippen LogP contribution in [0.2, 0.25) is 0 Å². The molecule has 0 atom stereocenters. The molecule has 16 heavy (non-hydrogen) atoms. The molecule has 1 N–H and O–H groups in total. The van der Waals surface area contributed by atoms with Gasteiger partial charge in [0.1, 0.15) is 5.82 Å². The molecular formula is C13H18N2O. The van der Waals surface area contributed by atoms with Crippen LogP contribution in [0.5, 0.6) is 0 Å². The van der Waals surface area contributed by atoms with Crippen molar-refractivity contribution in [2.45, 2.75) is 39.0 Å².